The Bertz CT molecular complexity index is 1290. The molecule has 3 saturated carbocycles. The van der Waals surface area contributed by atoms with E-state index in [2.05, 4.69) is 19.9 Å². The lowest BCUT2D eigenvalue weighted by Crippen LogP contribution is -2.54. The largest absolute Gasteiger partial charge is 0.469 e. The molecular weight excluding hydrogens is 500 g/mol. The first kappa shape index (κ1) is 26.0. The van der Waals surface area contributed by atoms with E-state index in [-0.39, 0.29) is 46.8 Å². The van der Waals surface area contributed by atoms with Gasteiger partial charge in [0.1, 0.15) is 6.61 Å². The molecule has 0 radical (unpaired) electrons. The van der Waals surface area contributed by atoms with E-state index in [1.54, 1.807) is 24.3 Å². The van der Waals surface area contributed by atoms with Crippen LogP contribution in [-0.4, -0.2) is 37.2 Å². The third-order valence-electron chi connectivity index (χ3n) is 10.5. The van der Waals surface area contributed by atoms with Crippen molar-refractivity contribution in [3.8, 4) is 0 Å². The van der Waals surface area contributed by atoms with Gasteiger partial charge in [-0.3, -0.25) is 4.79 Å². The fraction of sp³-hybridized carbons (Fsp3) is 0.581. The fourth-order valence-electron chi connectivity index (χ4n) is 8.92. The molecule has 2 heterocycles. The summed E-state index contributed by atoms with van der Waals surface area (Å²) in [6.45, 7) is 4.33. The van der Waals surface area contributed by atoms with Gasteiger partial charge in [-0.1, -0.05) is 25.0 Å². The van der Waals surface area contributed by atoms with Crippen LogP contribution in [0.2, 0.25) is 0 Å². The van der Waals surface area contributed by atoms with Crippen molar-refractivity contribution in [1.82, 2.24) is 0 Å². The summed E-state index contributed by atoms with van der Waals surface area (Å²) in [5.41, 5.74) is -0.500. The van der Waals surface area contributed by atoms with Crippen LogP contribution in [0.4, 0.5) is 0 Å². The van der Waals surface area contributed by atoms with E-state index >= 15 is 0 Å². The number of methoxy groups -OCH3 is 1. The van der Waals surface area contributed by atoms with Gasteiger partial charge < -0.3 is 23.0 Å². The summed E-state index contributed by atoms with van der Waals surface area (Å²) in [6, 6.07) is 6.41. The van der Waals surface area contributed by atoms with Gasteiger partial charge in [0.15, 0.2) is 5.60 Å². The van der Waals surface area contributed by atoms with Crippen LogP contribution in [0.1, 0.15) is 86.3 Å². The Kier molecular flexibility index (Phi) is 6.08. The van der Waals surface area contributed by atoms with Crippen molar-refractivity contribution in [2.24, 2.45) is 28.1 Å². The zero-order chi connectivity index (χ0) is 27.5. The molecule has 0 unspecified atom stereocenters. The monoisotopic (exact) mass is 536 g/mol. The molecule has 39 heavy (non-hydrogen) atoms. The smallest absolute Gasteiger partial charge is 0.374 e. The molecule has 0 saturated heterocycles. The highest BCUT2D eigenvalue weighted by Crippen LogP contribution is 2.71. The molecule has 2 aromatic rings. The van der Waals surface area contributed by atoms with Gasteiger partial charge in [-0.2, -0.15) is 0 Å². The lowest BCUT2D eigenvalue weighted by Gasteiger charge is -2.60. The number of fused-ring (bicyclic) bond motifs is 3. The topological polar surface area (TPSA) is 105 Å². The fourth-order valence-corrected chi connectivity index (χ4v) is 8.92. The van der Waals surface area contributed by atoms with Crippen LogP contribution >= 0.6 is 0 Å². The van der Waals surface area contributed by atoms with E-state index in [9.17, 15) is 14.4 Å². The molecule has 1 spiro atoms. The molecule has 6 atom stereocenters. The zero-order valence-electron chi connectivity index (χ0n) is 22.8. The summed E-state index contributed by atoms with van der Waals surface area (Å²) < 4.78 is 27.9. The van der Waals surface area contributed by atoms with Crippen LogP contribution in [0.15, 0.2) is 57.3 Å². The van der Waals surface area contributed by atoms with E-state index in [4.69, 9.17) is 23.0 Å². The van der Waals surface area contributed by atoms with Gasteiger partial charge in [-0.25, -0.2) is 9.59 Å². The van der Waals surface area contributed by atoms with Crippen molar-refractivity contribution in [2.75, 3.05) is 13.7 Å². The predicted octanol–water partition coefficient (Wildman–Crippen LogP) is 6.13. The van der Waals surface area contributed by atoms with Gasteiger partial charge in [-0.15, -0.1) is 0 Å². The molecule has 3 fully saturated rings. The second-order valence-electron chi connectivity index (χ2n) is 12.5. The second-order valence-corrected chi connectivity index (χ2v) is 12.5. The summed E-state index contributed by atoms with van der Waals surface area (Å²) >= 11 is 0. The van der Waals surface area contributed by atoms with Gasteiger partial charge in [0.25, 0.3) is 0 Å². The summed E-state index contributed by atoms with van der Waals surface area (Å²) in [4.78, 5) is 39.0. The summed E-state index contributed by atoms with van der Waals surface area (Å²) in [7, 11) is 1.48. The minimum absolute atomic E-state index is 0.0136. The summed E-state index contributed by atoms with van der Waals surface area (Å²) in [5.74, 6) is -0.875. The van der Waals surface area contributed by atoms with Crippen molar-refractivity contribution in [3.63, 3.8) is 0 Å². The lowest BCUT2D eigenvalue weighted by atomic mass is 9.44. The molecular formula is C31H36O8. The Hall–Kier alpha value is -3.29. The third kappa shape index (κ3) is 3.89. The minimum atomic E-state index is -1.01. The number of hydrogen-bond donors (Lipinski definition) is 0. The zero-order valence-corrected chi connectivity index (χ0v) is 22.8. The highest BCUT2D eigenvalue weighted by molar-refractivity contribution is 5.87. The standard InChI is InChI=1S/C31H36O8/c1-28-12-6-13-29(2,27(34)35-3)23(28)11-14-30-17-20(9-10-24(28)30)31(18-30,39-26(33)22-8-5-16-37-22)19-38-25(32)21-7-4-15-36-21/h4-5,7-8,10,15-16,20,23H,6,9,11-14,17-19H2,1-3H3/t20-,23+,28-,29-,30+,31+/m1/s1. The molecule has 2 bridgehead atoms. The first-order valence-electron chi connectivity index (χ1n) is 13.9. The second kappa shape index (κ2) is 9.14. The van der Waals surface area contributed by atoms with Crippen LogP contribution in [0.3, 0.4) is 0 Å². The molecule has 4 aliphatic carbocycles. The summed E-state index contributed by atoms with van der Waals surface area (Å²) in [6.07, 6.45) is 11.9. The Morgan fingerprint density at radius 3 is 2.38 bits per heavy atom. The number of furan rings is 2. The van der Waals surface area contributed by atoms with Crippen LogP contribution in [0.5, 0.6) is 0 Å². The normalized spacial score (nSPS) is 36.7. The lowest BCUT2D eigenvalue weighted by molar-refractivity contribution is -0.165. The van der Waals surface area contributed by atoms with Crippen molar-refractivity contribution in [3.05, 3.63) is 60.0 Å². The van der Waals surface area contributed by atoms with Crippen molar-refractivity contribution < 1.29 is 37.4 Å². The van der Waals surface area contributed by atoms with Crippen molar-refractivity contribution >= 4 is 17.9 Å². The number of carbonyl (C=O) groups is 3. The van der Waals surface area contributed by atoms with Crippen LogP contribution in [-0.2, 0) is 19.0 Å². The number of rotatable bonds is 6. The molecule has 8 heteroatoms. The molecule has 208 valence electrons. The molecule has 6 rings (SSSR count). The van der Waals surface area contributed by atoms with Crippen molar-refractivity contribution in [2.45, 2.75) is 70.8 Å². The Morgan fingerprint density at radius 2 is 1.72 bits per heavy atom. The number of esters is 3. The molecule has 2 aromatic heterocycles. The average Bonchev–Trinajstić information content (AvgIpc) is 3.68. The Balaban J connectivity index is 1.33. The number of ether oxygens (including phenoxy) is 3. The minimum Gasteiger partial charge on any atom is -0.469 e. The number of hydrogen-bond acceptors (Lipinski definition) is 8. The maximum absolute atomic E-state index is 13.2. The highest BCUT2D eigenvalue weighted by atomic mass is 16.6. The first-order valence-corrected chi connectivity index (χ1v) is 13.9. The number of allylic oxidation sites excluding steroid dienone is 2. The molecule has 8 nitrogen and oxygen atoms in total. The van der Waals surface area contributed by atoms with Gasteiger partial charge in [0, 0.05) is 12.3 Å². The van der Waals surface area contributed by atoms with Crippen LogP contribution < -0.4 is 0 Å². The Labute approximate surface area is 228 Å². The van der Waals surface area contributed by atoms with Gasteiger partial charge in [-0.05, 0) is 86.5 Å². The van der Waals surface area contributed by atoms with E-state index in [1.165, 1.54) is 25.2 Å². The van der Waals surface area contributed by atoms with Gasteiger partial charge in [0.2, 0.25) is 11.5 Å². The average molecular weight is 537 g/mol. The van der Waals surface area contributed by atoms with E-state index in [1.807, 2.05) is 0 Å². The molecule has 0 amide bonds. The molecule has 0 aromatic carbocycles. The maximum atomic E-state index is 13.2. The van der Waals surface area contributed by atoms with Crippen LogP contribution in [0, 0.1) is 28.1 Å². The molecule has 0 N–H and O–H groups in total. The Morgan fingerprint density at radius 1 is 1.00 bits per heavy atom. The number of carbonyl (C=O) groups excluding carboxylic acids is 3. The third-order valence-corrected chi connectivity index (χ3v) is 10.5. The SMILES string of the molecule is COC(=O)[C@]1(C)CCC[C@@]2(C)C3=CC[C@@H]4C[C@@]3(CC[C@H]12)C[C@@]4(COC(=O)c1ccco1)OC(=O)c1ccco1. The molecule has 4 aliphatic rings. The summed E-state index contributed by atoms with van der Waals surface area (Å²) in [5, 5.41) is 0. The van der Waals surface area contributed by atoms with E-state index in [0.717, 1.165) is 38.5 Å². The van der Waals surface area contributed by atoms with E-state index < -0.39 is 23.0 Å². The van der Waals surface area contributed by atoms with Crippen molar-refractivity contribution in [1.29, 1.82) is 0 Å². The van der Waals surface area contributed by atoms with E-state index in [0.29, 0.717) is 12.8 Å². The first-order chi connectivity index (χ1) is 18.7. The van der Waals surface area contributed by atoms with Crippen LogP contribution in [0.25, 0.3) is 0 Å². The van der Waals surface area contributed by atoms with Gasteiger partial charge >= 0.3 is 17.9 Å². The quantitative estimate of drug-likeness (QED) is 0.247. The van der Waals surface area contributed by atoms with Gasteiger partial charge in [0.05, 0.1) is 25.1 Å². The predicted molar refractivity (Wildman–Crippen MR) is 139 cm³/mol. The molecule has 0 aliphatic heterocycles. The maximum Gasteiger partial charge on any atom is 0.374 e. The highest BCUT2D eigenvalue weighted by Gasteiger charge is 2.67.